The minimum absolute atomic E-state index is 0. The lowest BCUT2D eigenvalue weighted by molar-refractivity contribution is -0.291. The summed E-state index contributed by atoms with van der Waals surface area (Å²) in [6.45, 7) is 0. The van der Waals surface area contributed by atoms with Gasteiger partial charge < -0.3 is 5.73 Å². The summed E-state index contributed by atoms with van der Waals surface area (Å²) >= 11 is 0. The van der Waals surface area contributed by atoms with Gasteiger partial charge in [-0.25, -0.2) is 4.39 Å². The molecular weight excluding hydrogens is 341 g/mol. The van der Waals surface area contributed by atoms with E-state index in [9.17, 15) is 39.5 Å². The van der Waals surface area contributed by atoms with E-state index in [1.54, 1.807) is 0 Å². The Morgan fingerprint density at radius 3 is 1.71 bits per heavy atom. The van der Waals surface area contributed by atoms with Crippen molar-refractivity contribution in [2.75, 3.05) is 0 Å². The molecule has 1 aromatic rings. The molecule has 1 rings (SSSR count). The van der Waals surface area contributed by atoms with Crippen LogP contribution in [0.4, 0.5) is 39.5 Å². The summed E-state index contributed by atoms with van der Waals surface area (Å²) in [6, 6.07) is -2.78. The second-order valence-electron chi connectivity index (χ2n) is 3.84. The maximum absolute atomic E-state index is 13.1. The van der Waals surface area contributed by atoms with Crippen molar-refractivity contribution in [2.24, 2.45) is 5.73 Å². The zero-order valence-electron chi connectivity index (χ0n) is 9.70. The summed E-state index contributed by atoms with van der Waals surface area (Å²) in [7, 11) is 0. The first-order valence-corrected chi connectivity index (χ1v) is 4.85. The third-order valence-electron chi connectivity index (χ3n) is 2.43. The van der Waals surface area contributed by atoms with Gasteiger partial charge in [0.15, 0.2) is 0 Å². The topological polar surface area (TPSA) is 26.0 Å². The molecule has 1 aromatic carbocycles. The van der Waals surface area contributed by atoms with Gasteiger partial charge in [-0.05, 0) is 17.7 Å². The van der Waals surface area contributed by atoms with Crippen molar-refractivity contribution < 1.29 is 39.5 Å². The van der Waals surface area contributed by atoms with Crippen LogP contribution in [0.25, 0.3) is 0 Å². The van der Waals surface area contributed by atoms with Gasteiger partial charge in [-0.1, -0.05) is 6.07 Å². The van der Waals surface area contributed by atoms with Crippen LogP contribution in [0.3, 0.4) is 0 Å². The highest BCUT2D eigenvalue weighted by atomic mass is 35.5. The molecule has 0 saturated heterocycles. The molecule has 1 nitrogen and oxygen atoms in total. The first-order valence-electron chi connectivity index (χ1n) is 4.85. The molecule has 0 unspecified atom stereocenters. The van der Waals surface area contributed by atoms with Crippen LogP contribution in [-0.2, 0) is 6.18 Å². The predicted octanol–water partition coefficient (Wildman–Crippen LogP) is 4.46. The van der Waals surface area contributed by atoms with Crippen LogP contribution in [0.2, 0.25) is 0 Å². The molecule has 0 aliphatic rings. The molecule has 0 aromatic heterocycles. The van der Waals surface area contributed by atoms with Gasteiger partial charge in [0.1, 0.15) is 11.9 Å². The van der Waals surface area contributed by atoms with Crippen molar-refractivity contribution in [3.63, 3.8) is 0 Å². The average Bonchev–Trinajstić information content (AvgIpc) is 2.24. The molecule has 0 aliphatic heterocycles. The van der Waals surface area contributed by atoms with Crippen molar-refractivity contribution in [3.8, 4) is 0 Å². The van der Waals surface area contributed by atoms with Gasteiger partial charge in [0.2, 0.25) is 0 Å². The Hall–Kier alpha value is -1.16. The summed E-state index contributed by atoms with van der Waals surface area (Å²) in [5.74, 6) is -7.39. The standard InChI is InChI=1S/C10H6F9N.ClH/c11-6-3-4(1-2-5(6)9(14,15)16)7(20)8(12,13)10(17,18)19;/h1-3,7H,20H2;1H/t7-;/m0./s1. The van der Waals surface area contributed by atoms with Crippen LogP contribution >= 0.6 is 12.4 Å². The Bertz CT molecular complexity index is 494. The zero-order chi connectivity index (χ0) is 15.9. The number of halogens is 10. The van der Waals surface area contributed by atoms with Crippen molar-refractivity contribution in [1.82, 2.24) is 0 Å². The van der Waals surface area contributed by atoms with Crippen LogP contribution in [0.15, 0.2) is 18.2 Å². The van der Waals surface area contributed by atoms with E-state index < -0.39 is 41.3 Å². The quantitative estimate of drug-likeness (QED) is 0.785. The number of nitrogens with two attached hydrogens (primary N) is 1. The van der Waals surface area contributed by atoms with Crippen molar-refractivity contribution in [2.45, 2.75) is 24.3 Å². The van der Waals surface area contributed by atoms with Crippen LogP contribution in [0.5, 0.6) is 0 Å². The lowest BCUT2D eigenvalue weighted by Crippen LogP contribution is -2.45. The van der Waals surface area contributed by atoms with Crippen LogP contribution in [0, 0.1) is 5.82 Å². The van der Waals surface area contributed by atoms with Gasteiger partial charge in [0.05, 0.1) is 5.56 Å². The van der Waals surface area contributed by atoms with Gasteiger partial charge in [-0.15, -0.1) is 12.4 Å². The highest BCUT2D eigenvalue weighted by Crippen LogP contribution is 2.43. The maximum Gasteiger partial charge on any atom is 0.455 e. The fourth-order valence-electron chi connectivity index (χ4n) is 1.34. The first-order chi connectivity index (χ1) is 8.78. The molecule has 0 heterocycles. The van der Waals surface area contributed by atoms with Gasteiger partial charge >= 0.3 is 18.3 Å². The molecule has 0 saturated carbocycles. The summed E-state index contributed by atoms with van der Waals surface area (Å²) in [5, 5.41) is 0. The number of benzene rings is 1. The Balaban J connectivity index is 0.00000400. The molecular formula is C10H7ClF9N. The SMILES string of the molecule is Cl.N[C@@H](c1ccc(C(F)(F)F)c(F)c1)C(F)(F)C(F)(F)F. The van der Waals surface area contributed by atoms with E-state index in [2.05, 4.69) is 5.73 Å². The van der Waals surface area contributed by atoms with Gasteiger partial charge in [0, 0.05) is 0 Å². The summed E-state index contributed by atoms with van der Waals surface area (Å²) < 4.78 is 112. The Kier molecular flexibility index (Phi) is 5.59. The highest BCUT2D eigenvalue weighted by Gasteiger charge is 2.61. The smallest absolute Gasteiger partial charge is 0.319 e. The Labute approximate surface area is 118 Å². The van der Waals surface area contributed by atoms with Crippen LogP contribution < -0.4 is 5.73 Å². The average molecular weight is 348 g/mol. The molecule has 11 heteroatoms. The van der Waals surface area contributed by atoms with Gasteiger partial charge in [-0.3, -0.25) is 0 Å². The van der Waals surface area contributed by atoms with Crippen molar-refractivity contribution in [3.05, 3.63) is 35.1 Å². The van der Waals surface area contributed by atoms with E-state index in [0.29, 0.717) is 0 Å². The van der Waals surface area contributed by atoms with Gasteiger partial charge in [-0.2, -0.15) is 35.1 Å². The Morgan fingerprint density at radius 2 is 1.38 bits per heavy atom. The van der Waals surface area contributed by atoms with Gasteiger partial charge in [0.25, 0.3) is 0 Å². The summed E-state index contributed by atoms with van der Waals surface area (Å²) in [6.07, 6.45) is -11.1. The maximum atomic E-state index is 13.1. The monoisotopic (exact) mass is 347 g/mol. The van der Waals surface area contributed by atoms with Crippen LogP contribution in [-0.4, -0.2) is 12.1 Å². The van der Waals surface area contributed by atoms with E-state index in [1.165, 1.54) is 0 Å². The fraction of sp³-hybridized carbons (Fsp3) is 0.400. The van der Waals surface area contributed by atoms with Crippen molar-refractivity contribution in [1.29, 1.82) is 0 Å². The lowest BCUT2D eigenvalue weighted by atomic mass is 9.99. The van der Waals surface area contributed by atoms with E-state index in [-0.39, 0.29) is 30.6 Å². The highest BCUT2D eigenvalue weighted by molar-refractivity contribution is 5.85. The molecule has 0 radical (unpaired) electrons. The molecule has 1 atom stereocenters. The largest absolute Gasteiger partial charge is 0.455 e. The van der Waals surface area contributed by atoms with Crippen molar-refractivity contribution >= 4 is 12.4 Å². The summed E-state index contributed by atoms with van der Waals surface area (Å²) in [5.41, 5.74) is 1.78. The molecule has 0 amide bonds. The Morgan fingerprint density at radius 1 is 0.905 bits per heavy atom. The molecule has 122 valence electrons. The van der Waals surface area contributed by atoms with Crippen LogP contribution in [0.1, 0.15) is 17.2 Å². The predicted molar refractivity (Wildman–Crippen MR) is 56.6 cm³/mol. The minimum atomic E-state index is -6.01. The van der Waals surface area contributed by atoms with E-state index in [1.807, 2.05) is 0 Å². The molecule has 0 bridgehead atoms. The number of hydrogen-bond acceptors (Lipinski definition) is 1. The lowest BCUT2D eigenvalue weighted by Gasteiger charge is -2.26. The van der Waals surface area contributed by atoms with E-state index >= 15 is 0 Å². The summed E-state index contributed by atoms with van der Waals surface area (Å²) in [4.78, 5) is 0. The third kappa shape index (κ3) is 3.94. The van der Waals surface area contributed by atoms with E-state index in [4.69, 9.17) is 0 Å². The number of alkyl halides is 8. The van der Waals surface area contributed by atoms with E-state index in [0.717, 1.165) is 0 Å². The normalized spacial score (nSPS) is 14.6. The molecule has 0 aliphatic carbocycles. The molecule has 21 heavy (non-hydrogen) atoms. The first kappa shape index (κ1) is 19.8. The second kappa shape index (κ2) is 5.91. The molecule has 0 spiro atoms. The number of rotatable bonds is 2. The molecule has 0 fully saturated rings. The molecule has 2 N–H and O–H groups in total. The third-order valence-corrected chi connectivity index (χ3v) is 2.43. The number of hydrogen-bond donors (Lipinski definition) is 1. The fourth-order valence-corrected chi connectivity index (χ4v) is 1.34. The minimum Gasteiger partial charge on any atom is -0.319 e. The second-order valence-corrected chi connectivity index (χ2v) is 3.84. The zero-order valence-corrected chi connectivity index (χ0v) is 10.5.